The molecule has 0 heterocycles. The number of aliphatic carboxylic acids is 2. The summed E-state index contributed by atoms with van der Waals surface area (Å²) < 4.78 is 5.18. The second-order valence-electron chi connectivity index (χ2n) is 5.33. The average molecular weight is 358 g/mol. The van der Waals surface area contributed by atoms with Gasteiger partial charge in [0.15, 0.2) is 0 Å². The first-order valence-electron chi connectivity index (χ1n) is 7.72. The third kappa shape index (κ3) is 6.16. The Morgan fingerprint density at radius 1 is 0.885 bits per heavy atom. The molecule has 0 saturated carbocycles. The Bertz CT molecular complexity index is 745. The lowest BCUT2D eigenvalue weighted by atomic mass is 10.2. The molecule has 0 amide bonds. The van der Waals surface area contributed by atoms with Gasteiger partial charge < -0.3 is 25.2 Å². The van der Waals surface area contributed by atoms with E-state index >= 15 is 0 Å². The molecular formula is C18H18N2O6. The summed E-state index contributed by atoms with van der Waals surface area (Å²) in [7, 11) is 0. The van der Waals surface area contributed by atoms with Gasteiger partial charge in [-0.1, -0.05) is 18.2 Å². The zero-order valence-electron chi connectivity index (χ0n) is 13.8. The number of carbonyl (C=O) groups is 3. The fraction of sp³-hybridized carbons (Fsp3) is 0.167. The second kappa shape index (κ2) is 9.07. The molecule has 2 aromatic carbocycles. The number of hydrogen-bond acceptors (Lipinski definition) is 6. The van der Waals surface area contributed by atoms with Crippen molar-refractivity contribution in [2.45, 2.75) is 0 Å². The van der Waals surface area contributed by atoms with Gasteiger partial charge in [-0.3, -0.25) is 9.59 Å². The van der Waals surface area contributed by atoms with Crippen LogP contribution in [0, 0.1) is 0 Å². The van der Waals surface area contributed by atoms with E-state index in [1.165, 1.54) is 29.2 Å². The van der Waals surface area contributed by atoms with Crippen molar-refractivity contribution < 1.29 is 29.3 Å². The van der Waals surface area contributed by atoms with Crippen molar-refractivity contribution in [1.82, 2.24) is 0 Å². The van der Waals surface area contributed by atoms with E-state index in [2.05, 4.69) is 5.32 Å². The number of nitrogens with one attached hydrogen (secondary N) is 1. The largest absolute Gasteiger partial charge is 0.480 e. The minimum atomic E-state index is -1.14. The van der Waals surface area contributed by atoms with E-state index < -0.39 is 31.0 Å². The molecule has 0 aliphatic rings. The lowest BCUT2D eigenvalue weighted by Crippen LogP contribution is -2.34. The summed E-state index contributed by atoms with van der Waals surface area (Å²) in [6, 6.07) is 15.1. The van der Waals surface area contributed by atoms with Crippen molar-refractivity contribution in [2.75, 3.05) is 29.9 Å². The van der Waals surface area contributed by atoms with Crippen molar-refractivity contribution in [3.8, 4) is 5.75 Å². The summed E-state index contributed by atoms with van der Waals surface area (Å²) >= 11 is 0. The maximum absolute atomic E-state index is 11.8. The van der Waals surface area contributed by atoms with E-state index in [0.29, 0.717) is 5.69 Å². The highest BCUT2D eigenvalue weighted by atomic mass is 16.5. The van der Waals surface area contributed by atoms with Crippen LogP contribution in [0.5, 0.6) is 5.75 Å². The highest BCUT2D eigenvalue weighted by molar-refractivity contribution is 5.80. The van der Waals surface area contributed by atoms with Gasteiger partial charge in [-0.05, 0) is 36.4 Å². The van der Waals surface area contributed by atoms with Gasteiger partial charge in [0.2, 0.25) is 0 Å². The predicted octanol–water partition coefficient (Wildman–Crippen LogP) is 1.68. The molecule has 2 aromatic rings. The third-order valence-corrected chi connectivity index (χ3v) is 3.30. The molecule has 3 N–H and O–H groups in total. The number of carbonyl (C=O) groups excluding carboxylic acids is 1. The number of esters is 1. The van der Waals surface area contributed by atoms with Gasteiger partial charge in [0.1, 0.15) is 25.4 Å². The van der Waals surface area contributed by atoms with Gasteiger partial charge in [0.05, 0.1) is 0 Å². The molecule has 0 spiro atoms. The molecule has 0 saturated heterocycles. The summed E-state index contributed by atoms with van der Waals surface area (Å²) in [6.07, 6.45) is 0. The van der Waals surface area contributed by atoms with Gasteiger partial charge in [-0.15, -0.1) is 0 Å². The number of nitrogens with zero attached hydrogens (tertiary/aromatic N) is 1. The molecule has 0 aromatic heterocycles. The molecule has 136 valence electrons. The van der Waals surface area contributed by atoms with Crippen LogP contribution in [-0.2, 0) is 14.4 Å². The van der Waals surface area contributed by atoms with Crippen molar-refractivity contribution in [3.05, 3.63) is 54.6 Å². The van der Waals surface area contributed by atoms with Crippen LogP contribution in [0.3, 0.4) is 0 Å². The first-order valence-corrected chi connectivity index (χ1v) is 7.72. The fourth-order valence-corrected chi connectivity index (χ4v) is 2.19. The molecule has 0 unspecified atom stereocenters. The number of benzene rings is 2. The maximum Gasteiger partial charge on any atom is 0.330 e. The Kier molecular flexibility index (Phi) is 6.55. The number of para-hydroxylation sites is 1. The predicted molar refractivity (Wildman–Crippen MR) is 94.5 cm³/mol. The first-order chi connectivity index (χ1) is 12.4. The molecule has 0 atom stereocenters. The van der Waals surface area contributed by atoms with E-state index in [0.717, 1.165) is 5.69 Å². The molecule has 0 radical (unpaired) electrons. The fourth-order valence-electron chi connectivity index (χ4n) is 2.19. The quantitative estimate of drug-likeness (QED) is 0.458. The van der Waals surface area contributed by atoms with Gasteiger partial charge in [-0.25, -0.2) is 4.79 Å². The lowest BCUT2D eigenvalue weighted by molar-refractivity contribution is -0.136. The van der Waals surface area contributed by atoms with E-state index in [1.807, 2.05) is 30.3 Å². The summed E-state index contributed by atoms with van der Waals surface area (Å²) in [5.74, 6) is -2.50. The monoisotopic (exact) mass is 358 g/mol. The van der Waals surface area contributed by atoms with E-state index in [9.17, 15) is 14.4 Å². The zero-order valence-corrected chi connectivity index (χ0v) is 13.8. The molecule has 0 bridgehead atoms. The number of hydrogen-bond donors (Lipinski definition) is 3. The van der Waals surface area contributed by atoms with Crippen LogP contribution in [0.1, 0.15) is 0 Å². The van der Waals surface area contributed by atoms with Crippen LogP contribution in [0.4, 0.5) is 11.4 Å². The summed E-state index contributed by atoms with van der Waals surface area (Å²) in [5, 5.41) is 20.7. The van der Waals surface area contributed by atoms with E-state index in [1.54, 1.807) is 0 Å². The van der Waals surface area contributed by atoms with Crippen LogP contribution >= 0.6 is 0 Å². The van der Waals surface area contributed by atoms with Gasteiger partial charge in [0, 0.05) is 11.4 Å². The highest BCUT2D eigenvalue weighted by Crippen LogP contribution is 2.19. The molecule has 0 aliphatic carbocycles. The standard InChI is InChI=1S/C18H18N2O6/c21-16(22)11-20(12-17(23)24)14-6-8-15(9-7-14)26-18(25)10-19-13-4-2-1-3-5-13/h1-9,19H,10-12H2,(H,21,22)(H,23,24). The maximum atomic E-state index is 11.8. The minimum Gasteiger partial charge on any atom is -0.480 e. The van der Waals surface area contributed by atoms with Gasteiger partial charge >= 0.3 is 17.9 Å². The topological polar surface area (TPSA) is 116 Å². The Balaban J connectivity index is 1.93. The molecule has 2 rings (SSSR count). The van der Waals surface area contributed by atoms with Crippen molar-refractivity contribution in [3.63, 3.8) is 0 Å². The minimum absolute atomic E-state index is 0.0179. The van der Waals surface area contributed by atoms with E-state index in [4.69, 9.17) is 14.9 Å². The second-order valence-corrected chi connectivity index (χ2v) is 5.33. The summed E-state index contributed by atoms with van der Waals surface area (Å²) in [6.45, 7) is -0.922. The molecule has 26 heavy (non-hydrogen) atoms. The lowest BCUT2D eigenvalue weighted by Gasteiger charge is -2.20. The summed E-state index contributed by atoms with van der Waals surface area (Å²) in [5.41, 5.74) is 1.19. The molecular weight excluding hydrogens is 340 g/mol. The molecule has 0 aliphatic heterocycles. The van der Waals surface area contributed by atoms with Crippen molar-refractivity contribution >= 4 is 29.3 Å². The number of carboxylic acid groups (broad SMARTS) is 2. The number of carboxylic acids is 2. The number of ether oxygens (including phenoxy) is 1. The van der Waals surface area contributed by atoms with Gasteiger partial charge in [-0.2, -0.15) is 0 Å². The SMILES string of the molecule is O=C(O)CN(CC(=O)O)c1ccc(OC(=O)CNc2ccccc2)cc1. The molecule has 0 fully saturated rings. The zero-order chi connectivity index (χ0) is 18.9. The molecule has 8 nitrogen and oxygen atoms in total. The van der Waals surface area contributed by atoms with Crippen molar-refractivity contribution in [1.29, 1.82) is 0 Å². The smallest absolute Gasteiger partial charge is 0.330 e. The number of rotatable bonds is 9. The van der Waals surface area contributed by atoms with Crippen LogP contribution in [0.25, 0.3) is 0 Å². The van der Waals surface area contributed by atoms with E-state index in [-0.39, 0.29) is 12.3 Å². The third-order valence-electron chi connectivity index (χ3n) is 3.30. The van der Waals surface area contributed by atoms with Crippen LogP contribution < -0.4 is 15.0 Å². The summed E-state index contributed by atoms with van der Waals surface area (Å²) in [4.78, 5) is 34.7. The first kappa shape index (κ1) is 18.8. The normalized spacial score (nSPS) is 10.0. The average Bonchev–Trinajstić information content (AvgIpc) is 2.60. The Morgan fingerprint density at radius 3 is 2.00 bits per heavy atom. The number of anilines is 2. The highest BCUT2D eigenvalue weighted by Gasteiger charge is 2.14. The molecule has 8 heteroatoms. The van der Waals surface area contributed by atoms with Crippen LogP contribution in [0.2, 0.25) is 0 Å². The Labute approximate surface area is 149 Å². The van der Waals surface area contributed by atoms with Crippen LogP contribution in [0.15, 0.2) is 54.6 Å². The van der Waals surface area contributed by atoms with Crippen LogP contribution in [-0.4, -0.2) is 47.8 Å². The van der Waals surface area contributed by atoms with Crippen molar-refractivity contribution in [2.24, 2.45) is 0 Å². The van der Waals surface area contributed by atoms with Gasteiger partial charge in [0.25, 0.3) is 0 Å². The Morgan fingerprint density at radius 2 is 1.46 bits per heavy atom. The Hall–Kier alpha value is -3.55.